The fourth-order valence-corrected chi connectivity index (χ4v) is 3.80. The Labute approximate surface area is 231 Å². The number of hydrogen-bond donors (Lipinski definition) is 0. The van der Waals surface area contributed by atoms with Gasteiger partial charge in [0.15, 0.2) is 0 Å². The topological polar surface area (TPSA) is 99.3 Å². The van der Waals surface area contributed by atoms with Crippen LogP contribution in [-0.2, 0) is 28.2 Å². The SMILES string of the molecule is C.C.CN(CCCN(C)c1ccc(N=Nc2n(C)nc[n+]2C)cc1)c1ccc(N=Nc2n(C)nc[n+]2C)cc1. The highest BCUT2D eigenvalue weighted by Crippen LogP contribution is 2.22. The van der Waals surface area contributed by atoms with E-state index in [-0.39, 0.29) is 14.9 Å². The minimum absolute atomic E-state index is 0. The molecule has 39 heavy (non-hydrogen) atoms. The molecule has 0 saturated heterocycles. The van der Waals surface area contributed by atoms with Crippen LogP contribution in [0.1, 0.15) is 21.3 Å². The van der Waals surface area contributed by atoms with Crippen LogP contribution in [0.15, 0.2) is 81.6 Å². The van der Waals surface area contributed by atoms with E-state index in [0.29, 0.717) is 11.9 Å². The number of rotatable bonds is 10. The fourth-order valence-electron chi connectivity index (χ4n) is 3.80. The summed E-state index contributed by atoms with van der Waals surface area (Å²) in [5.74, 6) is 1.37. The maximum atomic E-state index is 4.33. The van der Waals surface area contributed by atoms with Crippen molar-refractivity contribution in [3.05, 3.63) is 61.2 Å². The molecule has 2 heterocycles. The van der Waals surface area contributed by atoms with E-state index in [1.165, 1.54) is 0 Å². The van der Waals surface area contributed by atoms with Crippen LogP contribution in [0.4, 0.5) is 34.6 Å². The first kappa shape index (κ1) is 30.7. The van der Waals surface area contributed by atoms with Gasteiger partial charge in [0, 0.05) is 48.8 Å². The van der Waals surface area contributed by atoms with Gasteiger partial charge in [-0.1, -0.05) is 25.1 Å². The van der Waals surface area contributed by atoms with Crippen LogP contribution in [0.2, 0.25) is 0 Å². The molecule has 0 radical (unpaired) electrons. The van der Waals surface area contributed by atoms with E-state index >= 15 is 0 Å². The van der Waals surface area contributed by atoms with Crippen molar-refractivity contribution < 1.29 is 9.13 Å². The van der Waals surface area contributed by atoms with Gasteiger partial charge in [0.05, 0.1) is 39.6 Å². The standard InChI is InChI=1S/C25H34N12.2CH4/c1-32(22-12-8-20(9-13-22)28-30-24-34(3)18-26-36(24)5)16-7-17-33(2)23-14-10-21(11-15-23)29-31-25-35(4)19-27-37(25)6;;/h8-15,18-19H,7,16-17H2,1-6H3;2*1H4/q+2;;. The molecule has 4 aromatic rings. The predicted octanol–water partition coefficient (Wildman–Crippen LogP) is 4.87. The summed E-state index contributed by atoms with van der Waals surface area (Å²) in [6.45, 7) is 1.87. The lowest BCUT2D eigenvalue weighted by atomic mass is 10.2. The molecule has 208 valence electrons. The second-order valence-corrected chi connectivity index (χ2v) is 8.96. The molecule has 2 aromatic heterocycles. The number of aryl methyl sites for hydroxylation is 4. The molecule has 0 amide bonds. The summed E-state index contributed by atoms with van der Waals surface area (Å²) in [5.41, 5.74) is 3.89. The van der Waals surface area contributed by atoms with Crippen molar-refractivity contribution >= 4 is 34.6 Å². The van der Waals surface area contributed by atoms with Crippen LogP contribution in [0.25, 0.3) is 0 Å². The van der Waals surface area contributed by atoms with Gasteiger partial charge in [-0.3, -0.25) is 0 Å². The highest BCUT2D eigenvalue weighted by molar-refractivity contribution is 5.53. The highest BCUT2D eigenvalue weighted by atomic mass is 15.4. The molecule has 0 spiro atoms. The molecule has 0 unspecified atom stereocenters. The van der Waals surface area contributed by atoms with E-state index in [0.717, 1.165) is 42.3 Å². The van der Waals surface area contributed by atoms with Crippen LogP contribution in [0, 0.1) is 0 Å². The summed E-state index contributed by atoms with van der Waals surface area (Å²) in [6.07, 6.45) is 4.43. The van der Waals surface area contributed by atoms with Crippen LogP contribution >= 0.6 is 0 Å². The molecule has 12 heteroatoms. The zero-order valence-corrected chi connectivity index (χ0v) is 22.3. The van der Waals surface area contributed by atoms with Gasteiger partial charge in [-0.2, -0.15) is 0 Å². The number of nitrogens with zero attached hydrogens (tertiary/aromatic N) is 12. The molecule has 2 aromatic carbocycles. The van der Waals surface area contributed by atoms with Crippen molar-refractivity contribution in [3.63, 3.8) is 0 Å². The average molecular weight is 535 g/mol. The van der Waals surface area contributed by atoms with Gasteiger partial charge in [0.1, 0.15) is 0 Å². The van der Waals surface area contributed by atoms with Crippen molar-refractivity contribution in [1.29, 1.82) is 0 Å². The van der Waals surface area contributed by atoms with Crippen LogP contribution in [0.5, 0.6) is 0 Å². The molecule has 12 nitrogen and oxygen atoms in total. The third kappa shape index (κ3) is 7.76. The third-order valence-corrected chi connectivity index (χ3v) is 6.08. The molecule has 0 aliphatic carbocycles. The molecule has 0 fully saturated rings. The monoisotopic (exact) mass is 534 g/mol. The first-order valence-electron chi connectivity index (χ1n) is 12.0. The maximum Gasteiger partial charge on any atom is 0.403 e. The summed E-state index contributed by atoms with van der Waals surface area (Å²) >= 11 is 0. The third-order valence-electron chi connectivity index (χ3n) is 6.08. The maximum absolute atomic E-state index is 4.33. The Bertz CT molecular complexity index is 1220. The Kier molecular flexibility index (Phi) is 10.9. The second kappa shape index (κ2) is 13.9. The first-order chi connectivity index (χ1) is 17.8. The molecular weight excluding hydrogens is 492 g/mol. The van der Waals surface area contributed by atoms with E-state index in [4.69, 9.17) is 0 Å². The van der Waals surface area contributed by atoms with Crippen LogP contribution in [-0.4, -0.2) is 46.7 Å². The Balaban J connectivity index is 0.00000267. The normalized spacial score (nSPS) is 11.0. The number of aromatic nitrogens is 6. The van der Waals surface area contributed by atoms with E-state index in [2.05, 4.69) is 78.8 Å². The average Bonchev–Trinajstić information content (AvgIpc) is 3.40. The Morgan fingerprint density at radius 3 is 1.31 bits per heavy atom. The molecule has 0 aliphatic heterocycles. The molecule has 0 bridgehead atoms. The van der Waals surface area contributed by atoms with E-state index in [9.17, 15) is 0 Å². The lowest BCUT2D eigenvalue weighted by molar-refractivity contribution is -0.659. The largest absolute Gasteiger partial charge is 0.403 e. The van der Waals surface area contributed by atoms with Gasteiger partial charge >= 0.3 is 11.9 Å². The molecule has 0 aliphatic rings. The van der Waals surface area contributed by atoms with Gasteiger partial charge in [0.2, 0.25) is 12.7 Å². The van der Waals surface area contributed by atoms with Gasteiger partial charge in [-0.15, -0.1) is 9.36 Å². The molecule has 0 N–H and O–H groups in total. The summed E-state index contributed by atoms with van der Waals surface area (Å²) in [7, 11) is 11.7. The number of hydrogen-bond acceptors (Lipinski definition) is 8. The lowest BCUT2D eigenvalue weighted by Gasteiger charge is -2.23. The second-order valence-electron chi connectivity index (χ2n) is 8.96. The minimum Gasteiger partial charge on any atom is -0.375 e. The molecular formula is C27H42N12+2. The molecule has 0 saturated carbocycles. The van der Waals surface area contributed by atoms with Gasteiger partial charge in [-0.25, -0.2) is 9.13 Å². The number of azo groups is 2. The molecule has 0 atom stereocenters. The van der Waals surface area contributed by atoms with Crippen LogP contribution < -0.4 is 18.9 Å². The van der Waals surface area contributed by atoms with Crippen molar-refractivity contribution in [2.75, 3.05) is 37.0 Å². The Morgan fingerprint density at radius 1 is 0.641 bits per heavy atom. The fraction of sp³-hybridized carbons (Fsp3) is 0.407. The van der Waals surface area contributed by atoms with Crippen LogP contribution in [0.3, 0.4) is 0 Å². The first-order valence-corrected chi connectivity index (χ1v) is 12.0. The molecule has 4 rings (SSSR count). The quantitative estimate of drug-likeness (QED) is 0.214. The van der Waals surface area contributed by atoms with Crippen molar-refractivity contribution in [2.45, 2.75) is 21.3 Å². The summed E-state index contributed by atoms with van der Waals surface area (Å²) in [5, 5.41) is 25.6. The number of benzene rings is 2. The Morgan fingerprint density at radius 2 is 1.00 bits per heavy atom. The predicted molar refractivity (Wildman–Crippen MR) is 155 cm³/mol. The van der Waals surface area contributed by atoms with E-state index < -0.39 is 0 Å². The van der Waals surface area contributed by atoms with E-state index in [1.54, 1.807) is 22.0 Å². The smallest absolute Gasteiger partial charge is 0.375 e. The van der Waals surface area contributed by atoms with Crippen molar-refractivity contribution in [2.24, 2.45) is 48.6 Å². The lowest BCUT2D eigenvalue weighted by Crippen LogP contribution is -2.25. The minimum atomic E-state index is 0. The summed E-state index contributed by atoms with van der Waals surface area (Å²) in [6, 6.07) is 16.2. The van der Waals surface area contributed by atoms with Gasteiger partial charge < -0.3 is 9.80 Å². The van der Waals surface area contributed by atoms with Crippen molar-refractivity contribution in [3.8, 4) is 0 Å². The van der Waals surface area contributed by atoms with Gasteiger partial charge in [0.25, 0.3) is 0 Å². The Hall–Kier alpha value is -4.48. The number of anilines is 2. The van der Waals surface area contributed by atoms with E-state index in [1.807, 2.05) is 61.6 Å². The zero-order valence-electron chi connectivity index (χ0n) is 22.3. The van der Waals surface area contributed by atoms with Gasteiger partial charge in [-0.05, 0) is 65.1 Å². The van der Waals surface area contributed by atoms with Crippen molar-refractivity contribution in [1.82, 2.24) is 19.6 Å². The zero-order chi connectivity index (χ0) is 26.4. The highest BCUT2D eigenvalue weighted by Gasteiger charge is 2.12. The summed E-state index contributed by atoms with van der Waals surface area (Å²) < 4.78 is 7.02. The summed E-state index contributed by atoms with van der Waals surface area (Å²) in [4.78, 5) is 4.50.